The van der Waals surface area contributed by atoms with E-state index < -0.39 is 11.9 Å². The Bertz CT molecular complexity index is 1220. The second kappa shape index (κ2) is 17.5. The quantitative estimate of drug-likeness (QED) is 0.157. The van der Waals surface area contributed by atoms with Crippen molar-refractivity contribution in [2.45, 2.75) is 83.5 Å². The van der Waals surface area contributed by atoms with Gasteiger partial charge in [0.05, 0.1) is 5.92 Å². The Kier molecular flexibility index (Phi) is 13.2. The van der Waals surface area contributed by atoms with Crippen molar-refractivity contribution in [2.75, 3.05) is 24.5 Å². The number of carboxylic acids is 1. The van der Waals surface area contributed by atoms with Crippen molar-refractivity contribution < 1.29 is 14.7 Å². The average Bonchev–Trinajstić information content (AvgIpc) is 3.05. The second-order valence-electron chi connectivity index (χ2n) is 12.2. The van der Waals surface area contributed by atoms with Gasteiger partial charge >= 0.3 is 5.97 Å². The number of aliphatic carboxylic acids is 1. The van der Waals surface area contributed by atoms with Crippen LogP contribution in [0.15, 0.2) is 84.9 Å². The van der Waals surface area contributed by atoms with E-state index in [-0.39, 0.29) is 11.8 Å². The Balaban J connectivity index is 1.29. The fourth-order valence-electron chi connectivity index (χ4n) is 6.52. The van der Waals surface area contributed by atoms with E-state index in [1.807, 2.05) is 42.5 Å². The van der Waals surface area contributed by atoms with Gasteiger partial charge in [-0.3, -0.25) is 9.59 Å². The van der Waals surface area contributed by atoms with E-state index in [2.05, 4.69) is 59.6 Å². The first-order chi connectivity index (χ1) is 21.0. The van der Waals surface area contributed by atoms with Crippen molar-refractivity contribution >= 4 is 17.6 Å². The number of hydrogen-bond donors (Lipinski definition) is 2. The number of rotatable bonds is 17. The molecule has 1 fully saturated rings. The largest absolute Gasteiger partial charge is 0.481 e. The predicted molar refractivity (Wildman–Crippen MR) is 177 cm³/mol. The van der Waals surface area contributed by atoms with Crippen LogP contribution in [0.4, 0.5) is 5.69 Å². The van der Waals surface area contributed by atoms with Crippen molar-refractivity contribution in [2.24, 2.45) is 11.8 Å². The van der Waals surface area contributed by atoms with Gasteiger partial charge in [-0.05, 0) is 85.8 Å². The van der Waals surface area contributed by atoms with E-state index in [9.17, 15) is 14.7 Å². The number of nitrogens with zero attached hydrogens (tertiary/aromatic N) is 1. The van der Waals surface area contributed by atoms with Gasteiger partial charge in [0.15, 0.2) is 0 Å². The standard InChI is InChI=1S/C38H50N2O3/c1-2-3-4-9-19-34(36(38(42)43)20-13-12-16-30-14-7-5-8-15-30)29-39-37(41)33-21-23-35(24-22-33)40-27-25-32(26-28-40)31-17-10-6-11-18-31/h5-8,10-11,14-15,17-18,21-24,32,34,36H,2-4,9,12-13,16,19-20,25-29H2,1H3,(H,39,41)(H,42,43). The zero-order chi connectivity index (χ0) is 30.3. The van der Waals surface area contributed by atoms with Gasteiger partial charge in [-0.15, -0.1) is 0 Å². The highest BCUT2D eigenvalue weighted by molar-refractivity contribution is 5.94. The molecule has 0 aliphatic carbocycles. The number of amides is 1. The molecule has 0 radical (unpaired) electrons. The van der Waals surface area contributed by atoms with Gasteiger partial charge in [-0.2, -0.15) is 0 Å². The van der Waals surface area contributed by atoms with Gasteiger partial charge in [0.25, 0.3) is 5.91 Å². The molecule has 4 rings (SSSR count). The van der Waals surface area contributed by atoms with E-state index in [1.54, 1.807) is 0 Å². The number of carboxylic acid groups (broad SMARTS) is 1. The number of piperidine rings is 1. The summed E-state index contributed by atoms with van der Waals surface area (Å²) in [4.78, 5) is 27.9. The molecule has 230 valence electrons. The molecule has 1 aliphatic rings. The monoisotopic (exact) mass is 582 g/mol. The third-order valence-electron chi connectivity index (χ3n) is 9.17. The number of benzene rings is 3. The van der Waals surface area contributed by atoms with Crippen molar-refractivity contribution in [3.8, 4) is 0 Å². The number of carbonyl (C=O) groups excluding carboxylic acids is 1. The van der Waals surface area contributed by atoms with E-state index in [1.165, 1.54) is 11.1 Å². The molecule has 3 aromatic carbocycles. The van der Waals surface area contributed by atoms with Crippen LogP contribution in [0.2, 0.25) is 0 Å². The SMILES string of the molecule is CCCCCCC(CNC(=O)c1ccc(N2CCC(c3ccccc3)CC2)cc1)C(CCCCc1ccccc1)C(=O)O. The fraction of sp³-hybridized carbons (Fsp3) is 0.474. The zero-order valence-corrected chi connectivity index (χ0v) is 25.9. The molecule has 1 heterocycles. The third-order valence-corrected chi connectivity index (χ3v) is 9.17. The summed E-state index contributed by atoms with van der Waals surface area (Å²) in [6, 6.07) is 29.0. The summed E-state index contributed by atoms with van der Waals surface area (Å²) < 4.78 is 0. The molecule has 1 saturated heterocycles. The van der Waals surface area contributed by atoms with Crippen LogP contribution in [-0.4, -0.2) is 36.6 Å². The lowest BCUT2D eigenvalue weighted by molar-refractivity contribution is -0.144. The van der Waals surface area contributed by atoms with E-state index in [0.29, 0.717) is 24.4 Å². The first-order valence-electron chi connectivity index (χ1n) is 16.5. The molecule has 2 atom stereocenters. The minimum atomic E-state index is -0.741. The molecule has 5 heteroatoms. The molecule has 1 amide bonds. The average molecular weight is 583 g/mol. The smallest absolute Gasteiger partial charge is 0.306 e. The summed E-state index contributed by atoms with van der Waals surface area (Å²) in [6.45, 7) is 4.59. The van der Waals surface area contributed by atoms with Crippen LogP contribution in [0.5, 0.6) is 0 Å². The van der Waals surface area contributed by atoms with Crippen LogP contribution in [0.1, 0.15) is 98.5 Å². The summed E-state index contributed by atoms with van der Waals surface area (Å²) >= 11 is 0. The summed E-state index contributed by atoms with van der Waals surface area (Å²) in [6.07, 6.45) is 10.9. The summed E-state index contributed by atoms with van der Waals surface area (Å²) in [5.41, 5.74) is 4.50. The van der Waals surface area contributed by atoms with Crippen molar-refractivity contribution in [3.05, 3.63) is 102 Å². The van der Waals surface area contributed by atoms with Crippen LogP contribution in [0.25, 0.3) is 0 Å². The van der Waals surface area contributed by atoms with Crippen LogP contribution < -0.4 is 10.2 Å². The Morgan fingerprint density at radius 3 is 2.12 bits per heavy atom. The van der Waals surface area contributed by atoms with Gasteiger partial charge in [-0.25, -0.2) is 0 Å². The first-order valence-corrected chi connectivity index (χ1v) is 16.5. The molecule has 3 aromatic rings. The number of unbranched alkanes of at least 4 members (excludes halogenated alkanes) is 4. The van der Waals surface area contributed by atoms with Crippen molar-refractivity contribution in [3.63, 3.8) is 0 Å². The Morgan fingerprint density at radius 2 is 1.47 bits per heavy atom. The maximum atomic E-state index is 13.2. The highest BCUT2D eigenvalue weighted by Gasteiger charge is 2.28. The molecule has 0 saturated carbocycles. The lowest BCUT2D eigenvalue weighted by Gasteiger charge is -2.34. The molecule has 2 N–H and O–H groups in total. The Hall–Kier alpha value is -3.60. The molecule has 43 heavy (non-hydrogen) atoms. The van der Waals surface area contributed by atoms with Crippen LogP contribution in [-0.2, 0) is 11.2 Å². The number of carbonyl (C=O) groups is 2. The second-order valence-corrected chi connectivity index (χ2v) is 12.2. The maximum Gasteiger partial charge on any atom is 0.306 e. The number of hydrogen-bond acceptors (Lipinski definition) is 3. The molecular weight excluding hydrogens is 532 g/mol. The molecular formula is C38H50N2O3. The number of aryl methyl sites for hydroxylation is 1. The molecule has 2 unspecified atom stereocenters. The summed E-state index contributed by atoms with van der Waals surface area (Å²) in [5, 5.41) is 13.3. The topological polar surface area (TPSA) is 69.6 Å². The zero-order valence-electron chi connectivity index (χ0n) is 25.9. The lowest BCUT2D eigenvalue weighted by atomic mass is 9.83. The minimum Gasteiger partial charge on any atom is -0.481 e. The highest BCUT2D eigenvalue weighted by Crippen LogP contribution is 2.30. The Morgan fingerprint density at radius 1 is 0.814 bits per heavy atom. The van der Waals surface area contributed by atoms with Gasteiger partial charge in [0.1, 0.15) is 0 Å². The van der Waals surface area contributed by atoms with Crippen LogP contribution >= 0.6 is 0 Å². The molecule has 5 nitrogen and oxygen atoms in total. The summed E-state index contributed by atoms with van der Waals surface area (Å²) in [7, 11) is 0. The molecule has 0 bridgehead atoms. The predicted octanol–water partition coefficient (Wildman–Crippen LogP) is 8.50. The highest BCUT2D eigenvalue weighted by atomic mass is 16.4. The molecule has 0 aromatic heterocycles. The fourth-order valence-corrected chi connectivity index (χ4v) is 6.52. The third kappa shape index (κ3) is 10.3. The summed E-state index contributed by atoms with van der Waals surface area (Å²) in [5.74, 6) is -0.772. The first kappa shape index (κ1) is 32.3. The lowest BCUT2D eigenvalue weighted by Crippen LogP contribution is -2.36. The Labute approximate surface area is 258 Å². The molecule has 0 spiro atoms. The van der Waals surface area contributed by atoms with E-state index >= 15 is 0 Å². The van der Waals surface area contributed by atoms with Gasteiger partial charge in [-0.1, -0.05) is 99.7 Å². The molecule has 1 aliphatic heterocycles. The minimum absolute atomic E-state index is 0.0692. The van der Waals surface area contributed by atoms with Crippen LogP contribution in [0, 0.1) is 11.8 Å². The normalized spacial score (nSPS) is 15.1. The van der Waals surface area contributed by atoms with Crippen molar-refractivity contribution in [1.82, 2.24) is 5.32 Å². The van der Waals surface area contributed by atoms with Gasteiger partial charge < -0.3 is 15.3 Å². The van der Waals surface area contributed by atoms with Gasteiger partial charge in [0.2, 0.25) is 0 Å². The number of nitrogens with one attached hydrogen (secondary N) is 1. The van der Waals surface area contributed by atoms with Crippen LogP contribution in [0.3, 0.4) is 0 Å². The van der Waals surface area contributed by atoms with E-state index in [0.717, 1.165) is 83.0 Å². The van der Waals surface area contributed by atoms with E-state index in [4.69, 9.17) is 0 Å². The van der Waals surface area contributed by atoms with Gasteiger partial charge in [0, 0.05) is 30.9 Å². The maximum absolute atomic E-state index is 13.2. The van der Waals surface area contributed by atoms with Crippen molar-refractivity contribution in [1.29, 1.82) is 0 Å². The number of anilines is 1.